The Kier molecular flexibility index (Phi) is 3.39. The normalized spacial score (nSPS) is 12.6. The molecule has 0 fully saturated rings. The van der Waals surface area contributed by atoms with E-state index in [9.17, 15) is 0 Å². The molecule has 0 aliphatic carbocycles. The third kappa shape index (κ3) is 2.32. The number of aryl methyl sites for hydroxylation is 1. The van der Waals surface area contributed by atoms with Gasteiger partial charge in [0.15, 0.2) is 0 Å². The van der Waals surface area contributed by atoms with Gasteiger partial charge in [-0.25, -0.2) is 5.43 Å². The van der Waals surface area contributed by atoms with E-state index in [0.29, 0.717) is 0 Å². The van der Waals surface area contributed by atoms with Crippen LogP contribution in [0.3, 0.4) is 0 Å². The summed E-state index contributed by atoms with van der Waals surface area (Å²) in [5, 5.41) is 0. The number of hydrogen-bond acceptors (Lipinski definition) is 3. The van der Waals surface area contributed by atoms with Crippen LogP contribution in [0, 0.1) is 6.92 Å². The Morgan fingerprint density at radius 3 is 2.56 bits per heavy atom. The minimum absolute atomic E-state index is 0.0254. The van der Waals surface area contributed by atoms with E-state index >= 15 is 0 Å². The Bertz CT molecular complexity index is 436. The van der Waals surface area contributed by atoms with Crippen molar-refractivity contribution >= 4 is 0 Å². The van der Waals surface area contributed by atoms with Crippen molar-refractivity contribution in [2.75, 3.05) is 0 Å². The summed E-state index contributed by atoms with van der Waals surface area (Å²) in [4.78, 5) is 0. The van der Waals surface area contributed by atoms with Crippen molar-refractivity contribution in [1.29, 1.82) is 0 Å². The zero-order valence-corrected chi connectivity index (χ0v) is 9.31. The zero-order chi connectivity index (χ0) is 11.4. The Morgan fingerprint density at radius 1 is 1.25 bits per heavy atom. The van der Waals surface area contributed by atoms with Crippen LogP contribution in [0.1, 0.15) is 22.9 Å². The van der Waals surface area contributed by atoms with Crippen molar-refractivity contribution in [3.63, 3.8) is 0 Å². The lowest BCUT2D eigenvalue weighted by molar-refractivity contribution is 0.413. The topological polar surface area (TPSA) is 51.2 Å². The molecule has 0 saturated carbocycles. The first kappa shape index (κ1) is 10.9. The van der Waals surface area contributed by atoms with Crippen LogP contribution in [-0.2, 0) is 6.42 Å². The first-order valence-electron chi connectivity index (χ1n) is 5.35. The van der Waals surface area contributed by atoms with Gasteiger partial charge < -0.3 is 4.42 Å². The molecule has 3 heteroatoms. The van der Waals surface area contributed by atoms with Gasteiger partial charge in [-0.3, -0.25) is 5.84 Å². The fourth-order valence-electron chi connectivity index (χ4n) is 1.82. The molecular weight excluding hydrogens is 200 g/mol. The molecule has 0 spiro atoms. The number of furan rings is 1. The molecule has 1 aromatic heterocycles. The van der Waals surface area contributed by atoms with Crippen molar-refractivity contribution in [1.82, 2.24) is 5.43 Å². The van der Waals surface area contributed by atoms with Crippen molar-refractivity contribution < 1.29 is 4.42 Å². The molecule has 0 aliphatic rings. The highest BCUT2D eigenvalue weighted by molar-refractivity contribution is 5.22. The van der Waals surface area contributed by atoms with E-state index in [0.717, 1.165) is 17.7 Å². The van der Waals surface area contributed by atoms with Gasteiger partial charge >= 0.3 is 0 Å². The van der Waals surface area contributed by atoms with Crippen molar-refractivity contribution in [3.05, 3.63) is 59.5 Å². The number of nitrogens with two attached hydrogens (primary N) is 1. The Hall–Kier alpha value is -1.58. The van der Waals surface area contributed by atoms with Crippen LogP contribution in [0.4, 0.5) is 0 Å². The van der Waals surface area contributed by atoms with Crippen molar-refractivity contribution in [2.24, 2.45) is 5.84 Å². The molecule has 0 amide bonds. The molecule has 0 saturated heterocycles. The predicted octanol–water partition coefficient (Wildman–Crippen LogP) is 2.34. The molecule has 2 rings (SSSR count). The lowest BCUT2D eigenvalue weighted by atomic mass is 10.0. The molecule has 0 bridgehead atoms. The molecular formula is C13H16N2O. The Balaban J connectivity index is 2.16. The molecule has 3 N–H and O–H groups in total. The standard InChI is InChI=1S/C13H16N2O/c1-10-7-8-16-13(10)12(15-14)9-11-5-3-2-4-6-11/h2-8,12,15H,9,14H2,1H3. The van der Waals surface area contributed by atoms with Gasteiger partial charge in [-0.15, -0.1) is 0 Å². The second kappa shape index (κ2) is 4.96. The van der Waals surface area contributed by atoms with E-state index in [1.165, 1.54) is 5.56 Å². The summed E-state index contributed by atoms with van der Waals surface area (Å²) >= 11 is 0. The van der Waals surface area contributed by atoms with Crippen LogP contribution < -0.4 is 11.3 Å². The van der Waals surface area contributed by atoms with Crippen molar-refractivity contribution in [3.8, 4) is 0 Å². The third-order valence-corrected chi connectivity index (χ3v) is 2.70. The average Bonchev–Trinajstić information content (AvgIpc) is 2.74. The summed E-state index contributed by atoms with van der Waals surface area (Å²) in [6.07, 6.45) is 2.52. The highest BCUT2D eigenvalue weighted by Gasteiger charge is 2.15. The summed E-state index contributed by atoms with van der Waals surface area (Å²) in [7, 11) is 0. The molecule has 0 aliphatic heterocycles. The molecule has 1 atom stereocenters. The van der Waals surface area contributed by atoms with Gasteiger partial charge in [0.1, 0.15) is 5.76 Å². The molecule has 1 heterocycles. The van der Waals surface area contributed by atoms with Gasteiger partial charge in [-0.2, -0.15) is 0 Å². The Morgan fingerprint density at radius 2 is 2.00 bits per heavy atom. The summed E-state index contributed by atoms with van der Waals surface area (Å²) in [6, 6.07) is 12.2. The van der Waals surface area contributed by atoms with Gasteiger partial charge in [0.05, 0.1) is 12.3 Å². The maximum atomic E-state index is 5.57. The molecule has 3 nitrogen and oxygen atoms in total. The first-order valence-corrected chi connectivity index (χ1v) is 5.35. The summed E-state index contributed by atoms with van der Waals surface area (Å²) in [5.41, 5.74) is 5.16. The summed E-state index contributed by atoms with van der Waals surface area (Å²) in [5.74, 6) is 6.48. The summed E-state index contributed by atoms with van der Waals surface area (Å²) < 4.78 is 5.45. The van der Waals surface area contributed by atoms with Crippen LogP contribution in [0.2, 0.25) is 0 Å². The van der Waals surface area contributed by atoms with Crippen LogP contribution in [0.15, 0.2) is 47.1 Å². The second-order valence-electron chi connectivity index (χ2n) is 3.88. The zero-order valence-electron chi connectivity index (χ0n) is 9.31. The van der Waals surface area contributed by atoms with Crippen LogP contribution in [0.25, 0.3) is 0 Å². The average molecular weight is 216 g/mol. The highest BCUT2D eigenvalue weighted by atomic mass is 16.3. The van der Waals surface area contributed by atoms with E-state index in [4.69, 9.17) is 10.3 Å². The number of nitrogens with one attached hydrogen (secondary N) is 1. The van der Waals surface area contributed by atoms with Crippen molar-refractivity contribution in [2.45, 2.75) is 19.4 Å². The van der Waals surface area contributed by atoms with E-state index < -0.39 is 0 Å². The van der Waals surface area contributed by atoms with Gasteiger partial charge in [0, 0.05) is 0 Å². The Labute approximate surface area is 95.2 Å². The first-order chi connectivity index (χ1) is 7.81. The van der Waals surface area contributed by atoms with Gasteiger partial charge in [-0.05, 0) is 30.5 Å². The molecule has 84 valence electrons. The van der Waals surface area contributed by atoms with Crippen LogP contribution >= 0.6 is 0 Å². The van der Waals surface area contributed by atoms with Gasteiger partial charge in [0.25, 0.3) is 0 Å². The van der Waals surface area contributed by atoms with Crippen LogP contribution in [-0.4, -0.2) is 0 Å². The lowest BCUT2D eigenvalue weighted by Crippen LogP contribution is -2.29. The van der Waals surface area contributed by atoms with E-state index in [-0.39, 0.29) is 6.04 Å². The van der Waals surface area contributed by atoms with E-state index in [1.807, 2.05) is 31.2 Å². The molecule has 1 aromatic carbocycles. The quantitative estimate of drug-likeness (QED) is 0.609. The summed E-state index contributed by atoms with van der Waals surface area (Å²) in [6.45, 7) is 2.02. The minimum Gasteiger partial charge on any atom is -0.467 e. The maximum absolute atomic E-state index is 5.57. The molecule has 0 radical (unpaired) electrons. The number of hydrogen-bond donors (Lipinski definition) is 2. The largest absolute Gasteiger partial charge is 0.467 e. The minimum atomic E-state index is 0.0254. The lowest BCUT2D eigenvalue weighted by Gasteiger charge is -2.14. The van der Waals surface area contributed by atoms with Gasteiger partial charge in [0.2, 0.25) is 0 Å². The van der Waals surface area contributed by atoms with E-state index in [2.05, 4.69) is 17.6 Å². The SMILES string of the molecule is Cc1ccoc1C(Cc1ccccc1)NN. The monoisotopic (exact) mass is 216 g/mol. The molecule has 2 aromatic rings. The maximum Gasteiger partial charge on any atom is 0.125 e. The number of rotatable bonds is 4. The smallest absolute Gasteiger partial charge is 0.125 e. The fraction of sp³-hybridized carbons (Fsp3) is 0.231. The number of hydrazine groups is 1. The fourth-order valence-corrected chi connectivity index (χ4v) is 1.82. The van der Waals surface area contributed by atoms with Gasteiger partial charge in [-0.1, -0.05) is 30.3 Å². The number of benzene rings is 1. The molecule has 1 unspecified atom stereocenters. The van der Waals surface area contributed by atoms with E-state index in [1.54, 1.807) is 6.26 Å². The van der Waals surface area contributed by atoms with Crippen LogP contribution in [0.5, 0.6) is 0 Å². The highest BCUT2D eigenvalue weighted by Crippen LogP contribution is 2.21. The second-order valence-corrected chi connectivity index (χ2v) is 3.88. The molecule has 16 heavy (non-hydrogen) atoms. The third-order valence-electron chi connectivity index (χ3n) is 2.70. The predicted molar refractivity (Wildman–Crippen MR) is 63.7 cm³/mol.